The van der Waals surface area contributed by atoms with Gasteiger partial charge in [-0.1, -0.05) is 0 Å². The van der Waals surface area contributed by atoms with Gasteiger partial charge >= 0.3 is 0 Å². The summed E-state index contributed by atoms with van der Waals surface area (Å²) in [6.45, 7) is 2.37. The zero-order valence-electron chi connectivity index (χ0n) is 8.49. The summed E-state index contributed by atoms with van der Waals surface area (Å²) in [4.78, 5) is 27.4. The fourth-order valence-corrected chi connectivity index (χ4v) is 1.78. The number of Topliss-reactive ketones (excluding diaryl/α,β-unsaturated/α-hetero) is 1. The third kappa shape index (κ3) is 1.75. The van der Waals surface area contributed by atoms with Crippen LogP contribution >= 0.6 is 0 Å². The maximum absolute atomic E-state index is 12.0. The van der Waals surface area contributed by atoms with Gasteiger partial charge in [-0.15, -0.1) is 0 Å². The van der Waals surface area contributed by atoms with E-state index < -0.39 is 5.92 Å². The summed E-state index contributed by atoms with van der Waals surface area (Å²) in [6.07, 6.45) is 2.23. The SMILES string of the molecule is Cc1ncccc1C(=O)C1CCNC1=O. The van der Waals surface area contributed by atoms with E-state index in [1.54, 1.807) is 25.3 Å². The second-order valence-electron chi connectivity index (χ2n) is 3.63. The van der Waals surface area contributed by atoms with E-state index in [1.165, 1.54) is 0 Å². The summed E-state index contributed by atoms with van der Waals surface area (Å²) in [7, 11) is 0. The topological polar surface area (TPSA) is 59.1 Å². The molecule has 1 aliphatic rings. The summed E-state index contributed by atoms with van der Waals surface area (Å²) in [6, 6.07) is 3.43. The summed E-state index contributed by atoms with van der Waals surface area (Å²) in [5.41, 5.74) is 1.24. The van der Waals surface area contributed by atoms with Crippen molar-refractivity contribution in [3.05, 3.63) is 29.6 Å². The van der Waals surface area contributed by atoms with E-state index in [1.807, 2.05) is 0 Å². The van der Waals surface area contributed by atoms with Crippen molar-refractivity contribution in [1.29, 1.82) is 0 Å². The van der Waals surface area contributed by atoms with Gasteiger partial charge in [-0.3, -0.25) is 14.6 Å². The highest BCUT2D eigenvalue weighted by molar-refractivity contribution is 6.11. The van der Waals surface area contributed by atoms with Crippen LogP contribution in [0.15, 0.2) is 18.3 Å². The second-order valence-corrected chi connectivity index (χ2v) is 3.63. The van der Waals surface area contributed by atoms with Crippen molar-refractivity contribution in [3.63, 3.8) is 0 Å². The van der Waals surface area contributed by atoms with E-state index in [-0.39, 0.29) is 11.7 Å². The molecule has 1 atom stereocenters. The molecule has 2 rings (SSSR count). The molecular weight excluding hydrogens is 192 g/mol. The molecule has 4 nitrogen and oxygen atoms in total. The number of hydrogen-bond acceptors (Lipinski definition) is 3. The lowest BCUT2D eigenvalue weighted by molar-refractivity contribution is -0.121. The zero-order valence-corrected chi connectivity index (χ0v) is 8.49. The lowest BCUT2D eigenvalue weighted by Crippen LogP contribution is -2.25. The quantitative estimate of drug-likeness (QED) is 0.570. The molecular formula is C11H12N2O2. The molecule has 0 saturated carbocycles. The average Bonchev–Trinajstić information content (AvgIpc) is 2.64. The van der Waals surface area contributed by atoms with Gasteiger partial charge in [0.15, 0.2) is 5.78 Å². The lowest BCUT2D eigenvalue weighted by atomic mass is 9.96. The Kier molecular flexibility index (Phi) is 2.49. The number of aromatic nitrogens is 1. The molecule has 0 aromatic carbocycles. The monoisotopic (exact) mass is 204 g/mol. The number of pyridine rings is 1. The molecule has 1 fully saturated rings. The lowest BCUT2D eigenvalue weighted by Gasteiger charge is -2.07. The second kappa shape index (κ2) is 3.81. The minimum atomic E-state index is -0.520. The Labute approximate surface area is 87.7 Å². The van der Waals surface area contributed by atoms with Crippen molar-refractivity contribution < 1.29 is 9.59 Å². The van der Waals surface area contributed by atoms with E-state index in [9.17, 15) is 9.59 Å². The molecule has 1 saturated heterocycles. The third-order valence-corrected chi connectivity index (χ3v) is 2.64. The molecule has 1 amide bonds. The van der Waals surface area contributed by atoms with E-state index >= 15 is 0 Å². The number of nitrogens with one attached hydrogen (secondary N) is 1. The highest BCUT2D eigenvalue weighted by atomic mass is 16.2. The van der Waals surface area contributed by atoms with E-state index in [0.29, 0.717) is 24.2 Å². The highest BCUT2D eigenvalue weighted by Gasteiger charge is 2.32. The molecule has 1 aromatic heterocycles. The minimum Gasteiger partial charge on any atom is -0.355 e. The van der Waals surface area contributed by atoms with Gasteiger partial charge in [0.05, 0.1) is 0 Å². The van der Waals surface area contributed by atoms with Crippen LogP contribution in [0.4, 0.5) is 0 Å². The molecule has 15 heavy (non-hydrogen) atoms. The summed E-state index contributed by atoms with van der Waals surface area (Å²) >= 11 is 0. The zero-order chi connectivity index (χ0) is 10.8. The Balaban J connectivity index is 2.28. The van der Waals surface area contributed by atoms with Crippen LogP contribution in [0.2, 0.25) is 0 Å². The standard InChI is InChI=1S/C11H12N2O2/c1-7-8(3-2-5-12-7)10(14)9-4-6-13-11(9)15/h2-3,5,9H,4,6H2,1H3,(H,13,15). The fourth-order valence-electron chi connectivity index (χ4n) is 1.78. The Morgan fingerprint density at radius 3 is 3.00 bits per heavy atom. The summed E-state index contributed by atoms with van der Waals surface area (Å²) in [5, 5.41) is 2.66. The average molecular weight is 204 g/mol. The molecule has 1 unspecified atom stereocenters. The number of ketones is 1. The molecule has 0 bridgehead atoms. The van der Waals surface area contributed by atoms with Gasteiger partial charge in [0.1, 0.15) is 5.92 Å². The van der Waals surface area contributed by atoms with Gasteiger partial charge in [0, 0.05) is 24.0 Å². The van der Waals surface area contributed by atoms with E-state index in [4.69, 9.17) is 0 Å². The first kappa shape index (κ1) is 9.83. The molecule has 0 radical (unpaired) electrons. The first-order chi connectivity index (χ1) is 7.20. The maximum atomic E-state index is 12.0. The van der Waals surface area contributed by atoms with Gasteiger partial charge in [0.2, 0.25) is 5.91 Å². The number of nitrogens with zero attached hydrogens (tertiary/aromatic N) is 1. The van der Waals surface area contributed by atoms with Crippen LogP contribution in [0.1, 0.15) is 22.5 Å². The molecule has 1 N–H and O–H groups in total. The number of amides is 1. The van der Waals surface area contributed by atoms with Gasteiger partial charge in [-0.05, 0) is 25.5 Å². The number of carbonyl (C=O) groups is 2. The molecule has 0 spiro atoms. The van der Waals surface area contributed by atoms with Crippen LogP contribution in [0.5, 0.6) is 0 Å². The molecule has 1 aliphatic heterocycles. The maximum Gasteiger partial charge on any atom is 0.231 e. The van der Waals surface area contributed by atoms with Crippen molar-refractivity contribution in [2.45, 2.75) is 13.3 Å². The van der Waals surface area contributed by atoms with Crippen molar-refractivity contribution >= 4 is 11.7 Å². The van der Waals surface area contributed by atoms with Crippen molar-refractivity contribution in [3.8, 4) is 0 Å². The van der Waals surface area contributed by atoms with E-state index in [2.05, 4.69) is 10.3 Å². The van der Waals surface area contributed by atoms with Crippen LogP contribution < -0.4 is 5.32 Å². The molecule has 2 heterocycles. The van der Waals surface area contributed by atoms with Crippen LogP contribution in [0.25, 0.3) is 0 Å². The van der Waals surface area contributed by atoms with Gasteiger partial charge in [-0.25, -0.2) is 0 Å². The molecule has 78 valence electrons. The van der Waals surface area contributed by atoms with Gasteiger partial charge in [-0.2, -0.15) is 0 Å². The molecule has 4 heteroatoms. The van der Waals surface area contributed by atoms with Crippen molar-refractivity contribution in [2.75, 3.05) is 6.54 Å². The smallest absolute Gasteiger partial charge is 0.231 e. The number of aryl methyl sites for hydroxylation is 1. The summed E-state index contributed by atoms with van der Waals surface area (Å²) < 4.78 is 0. The largest absolute Gasteiger partial charge is 0.355 e. The number of carbonyl (C=O) groups excluding carboxylic acids is 2. The normalized spacial score (nSPS) is 20.1. The first-order valence-corrected chi connectivity index (χ1v) is 4.93. The Hall–Kier alpha value is -1.71. The Morgan fingerprint density at radius 2 is 2.40 bits per heavy atom. The predicted molar refractivity (Wildman–Crippen MR) is 54.4 cm³/mol. The highest BCUT2D eigenvalue weighted by Crippen LogP contribution is 2.17. The predicted octanol–water partition coefficient (Wildman–Crippen LogP) is 0.709. The minimum absolute atomic E-state index is 0.115. The van der Waals surface area contributed by atoms with Crippen LogP contribution in [-0.4, -0.2) is 23.2 Å². The third-order valence-electron chi connectivity index (χ3n) is 2.64. The van der Waals surface area contributed by atoms with Gasteiger partial charge < -0.3 is 5.32 Å². The first-order valence-electron chi connectivity index (χ1n) is 4.93. The number of hydrogen-bond donors (Lipinski definition) is 1. The van der Waals surface area contributed by atoms with E-state index in [0.717, 1.165) is 0 Å². The van der Waals surface area contributed by atoms with Crippen LogP contribution in [0, 0.1) is 12.8 Å². The van der Waals surface area contributed by atoms with Gasteiger partial charge in [0.25, 0.3) is 0 Å². The number of rotatable bonds is 2. The molecule has 1 aromatic rings. The van der Waals surface area contributed by atoms with Crippen molar-refractivity contribution in [1.82, 2.24) is 10.3 Å². The van der Waals surface area contributed by atoms with Crippen LogP contribution in [0.3, 0.4) is 0 Å². The summed E-state index contributed by atoms with van der Waals surface area (Å²) in [5.74, 6) is -0.799. The molecule has 0 aliphatic carbocycles. The van der Waals surface area contributed by atoms with Crippen LogP contribution in [-0.2, 0) is 4.79 Å². The Morgan fingerprint density at radius 1 is 1.60 bits per heavy atom. The van der Waals surface area contributed by atoms with Crippen molar-refractivity contribution in [2.24, 2.45) is 5.92 Å². The fraction of sp³-hybridized carbons (Fsp3) is 0.364. The Bertz CT molecular complexity index is 415.